The molecule has 0 amide bonds. The van der Waals surface area contributed by atoms with Crippen LogP contribution in [0, 0.1) is 0 Å². The second kappa shape index (κ2) is 34.3. The topological polar surface area (TPSA) is 80.3 Å². The Bertz CT molecular complexity index is 570. The summed E-state index contributed by atoms with van der Waals surface area (Å²) in [6.07, 6.45) is 26.0. The van der Waals surface area contributed by atoms with Gasteiger partial charge in [-0.05, 0) is 12.8 Å². The van der Waals surface area contributed by atoms with Gasteiger partial charge >= 0.3 is 11.9 Å². The fourth-order valence-corrected chi connectivity index (χ4v) is 4.89. The Kier molecular flexibility index (Phi) is 33.3. The van der Waals surface area contributed by atoms with Crippen LogP contribution in [0.15, 0.2) is 0 Å². The summed E-state index contributed by atoms with van der Waals surface area (Å²) in [5, 5.41) is 0. The molecule has 0 aliphatic rings. The zero-order chi connectivity index (χ0) is 30.8. The molecule has 0 aliphatic carbocycles. The van der Waals surface area contributed by atoms with Crippen molar-refractivity contribution in [3.05, 3.63) is 0 Å². The van der Waals surface area contributed by atoms with Crippen LogP contribution >= 0.6 is 0 Å². The minimum Gasteiger partial charge on any atom is -0.462 e. The molecule has 0 aliphatic heterocycles. The molecular weight excluding hydrogens is 532 g/mol. The van der Waals surface area contributed by atoms with E-state index in [4.69, 9.17) is 23.7 Å². The lowest BCUT2D eigenvalue weighted by Gasteiger charge is -2.18. The van der Waals surface area contributed by atoms with Crippen LogP contribution in [0.5, 0.6) is 0 Å². The molecule has 0 heterocycles. The number of carbonyl (C=O) groups is 2. The zero-order valence-electron chi connectivity index (χ0n) is 27.9. The van der Waals surface area contributed by atoms with E-state index in [1.807, 2.05) is 0 Å². The van der Waals surface area contributed by atoms with Crippen molar-refractivity contribution in [2.45, 2.75) is 168 Å². The average Bonchev–Trinajstić information content (AvgIpc) is 2.99. The van der Waals surface area contributed by atoms with E-state index in [0.29, 0.717) is 39.3 Å². The molecule has 0 spiro atoms. The zero-order valence-corrected chi connectivity index (χ0v) is 27.9. The summed E-state index contributed by atoms with van der Waals surface area (Å²) in [4.78, 5) is 24.8. The summed E-state index contributed by atoms with van der Waals surface area (Å²) in [5.41, 5.74) is 0. The van der Waals surface area contributed by atoms with Gasteiger partial charge in [-0.15, -0.1) is 0 Å². The van der Waals surface area contributed by atoms with Gasteiger partial charge in [0.05, 0.1) is 33.0 Å². The van der Waals surface area contributed by atoms with Crippen LogP contribution in [0.1, 0.15) is 162 Å². The molecule has 0 rings (SSSR count). The van der Waals surface area contributed by atoms with Crippen LogP contribution in [-0.2, 0) is 33.3 Å². The predicted molar refractivity (Wildman–Crippen MR) is 172 cm³/mol. The minimum absolute atomic E-state index is 0.0329. The van der Waals surface area contributed by atoms with Crippen molar-refractivity contribution >= 4 is 11.9 Å². The highest BCUT2D eigenvalue weighted by Gasteiger charge is 2.17. The van der Waals surface area contributed by atoms with Gasteiger partial charge in [0.15, 0.2) is 6.10 Å². The Hall–Kier alpha value is -1.18. The van der Waals surface area contributed by atoms with Crippen LogP contribution in [0.25, 0.3) is 0 Å². The van der Waals surface area contributed by atoms with E-state index in [0.717, 1.165) is 32.1 Å². The third kappa shape index (κ3) is 31.7. The van der Waals surface area contributed by atoms with Gasteiger partial charge in [0, 0.05) is 20.0 Å². The van der Waals surface area contributed by atoms with Gasteiger partial charge < -0.3 is 23.7 Å². The number of carbonyl (C=O) groups excluding carboxylic acids is 2. The first kappa shape index (κ1) is 40.8. The molecule has 0 N–H and O–H groups in total. The number of rotatable bonds is 34. The van der Waals surface area contributed by atoms with Crippen LogP contribution in [0.4, 0.5) is 0 Å². The quantitative estimate of drug-likeness (QED) is 0.0538. The number of methoxy groups -OCH3 is 1. The Balaban J connectivity index is 4.11. The molecule has 7 heteroatoms. The predicted octanol–water partition coefficient (Wildman–Crippen LogP) is 9.13. The maximum Gasteiger partial charge on any atom is 0.306 e. The molecule has 7 nitrogen and oxygen atoms in total. The molecule has 1 atom stereocenters. The first-order chi connectivity index (χ1) is 20.6. The van der Waals surface area contributed by atoms with Crippen LogP contribution < -0.4 is 0 Å². The SMILES string of the molecule is CCCCCCCCCCCCCC(=O)OCC(COCCOCCOC)OC(=O)CCCCCCCCCCCC. The van der Waals surface area contributed by atoms with Gasteiger partial charge in [0.1, 0.15) is 6.61 Å². The number of esters is 2. The van der Waals surface area contributed by atoms with Crippen LogP contribution in [0.3, 0.4) is 0 Å². The fourth-order valence-electron chi connectivity index (χ4n) is 4.89. The van der Waals surface area contributed by atoms with Gasteiger partial charge in [-0.3, -0.25) is 9.59 Å². The monoisotopic (exact) mass is 600 g/mol. The van der Waals surface area contributed by atoms with E-state index in [1.165, 1.54) is 103 Å². The van der Waals surface area contributed by atoms with Crippen molar-refractivity contribution in [3.63, 3.8) is 0 Å². The maximum atomic E-state index is 12.5. The van der Waals surface area contributed by atoms with Gasteiger partial charge in [0.2, 0.25) is 0 Å². The first-order valence-corrected chi connectivity index (χ1v) is 17.6. The summed E-state index contributed by atoms with van der Waals surface area (Å²) in [6.45, 7) is 6.57. The molecule has 0 aromatic heterocycles. The van der Waals surface area contributed by atoms with E-state index in [1.54, 1.807) is 7.11 Å². The van der Waals surface area contributed by atoms with Gasteiger partial charge in [0.25, 0.3) is 0 Å². The molecule has 250 valence electrons. The van der Waals surface area contributed by atoms with Crippen molar-refractivity contribution in [1.29, 1.82) is 0 Å². The average molecular weight is 601 g/mol. The minimum atomic E-state index is -0.596. The molecule has 0 radical (unpaired) electrons. The second-order valence-electron chi connectivity index (χ2n) is 11.7. The number of hydrogen-bond acceptors (Lipinski definition) is 7. The number of hydrogen-bond donors (Lipinski definition) is 0. The summed E-state index contributed by atoms with van der Waals surface area (Å²) in [5.74, 6) is -0.481. The molecular formula is C35H68O7. The first-order valence-electron chi connectivity index (χ1n) is 17.6. The maximum absolute atomic E-state index is 12.5. The van der Waals surface area contributed by atoms with E-state index >= 15 is 0 Å². The highest BCUT2D eigenvalue weighted by atomic mass is 16.6. The molecule has 0 aromatic carbocycles. The van der Waals surface area contributed by atoms with Crippen molar-refractivity contribution in [3.8, 4) is 0 Å². The Morgan fingerprint density at radius 1 is 0.476 bits per heavy atom. The van der Waals surface area contributed by atoms with E-state index in [9.17, 15) is 9.59 Å². The lowest BCUT2D eigenvalue weighted by molar-refractivity contribution is -0.163. The lowest BCUT2D eigenvalue weighted by Crippen LogP contribution is -2.30. The molecule has 0 saturated carbocycles. The third-order valence-corrected chi connectivity index (χ3v) is 7.55. The van der Waals surface area contributed by atoms with Crippen LogP contribution in [-0.4, -0.2) is 64.8 Å². The smallest absolute Gasteiger partial charge is 0.306 e. The Morgan fingerprint density at radius 2 is 0.881 bits per heavy atom. The van der Waals surface area contributed by atoms with Gasteiger partial charge in [-0.2, -0.15) is 0 Å². The summed E-state index contributed by atoms with van der Waals surface area (Å²) in [6, 6.07) is 0. The number of ether oxygens (including phenoxy) is 5. The number of unbranched alkanes of at least 4 members (excludes halogenated alkanes) is 19. The van der Waals surface area contributed by atoms with E-state index < -0.39 is 6.10 Å². The summed E-state index contributed by atoms with van der Waals surface area (Å²) < 4.78 is 27.1. The van der Waals surface area contributed by atoms with E-state index in [-0.39, 0.29) is 25.2 Å². The molecule has 0 saturated heterocycles. The highest BCUT2D eigenvalue weighted by Crippen LogP contribution is 2.14. The second-order valence-corrected chi connectivity index (χ2v) is 11.7. The molecule has 0 fully saturated rings. The van der Waals surface area contributed by atoms with Crippen molar-refractivity contribution < 1.29 is 33.3 Å². The Morgan fingerprint density at radius 3 is 1.36 bits per heavy atom. The largest absolute Gasteiger partial charge is 0.462 e. The summed E-state index contributed by atoms with van der Waals surface area (Å²) >= 11 is 0. The highest BCUT2D eigenvalue weighted by molar-refractivity contribution is 5.70. The normalized spacial score (nSPS) is 12.0. The van der Waals surface area contributed by atoms with Crippen molar-refractivity contribution in [1.82, 2.24) is 0 Å². The van der Waals surface area contributed by atoms with E-state index in [2.05, 4.69) is 13.8 Å². The lowest BCUT2D eigenvalue weighted by atomic mass is 10.1. The Labute approximate surface area is 259 Å². The van der Waals surface area contributed by atoms with Crippen molar-refractivity contribution in [2.24, 2.45) is 0 Å². The van der Waals surface area contributed by atoms with Crippen LogP contribution in [0.2, 0.25) is 0 Å². The third-order valence-electron chi connectivity index (χ3n) is 7.55. The molecule has 0 aromatic rings. The summed E-state index contributed by atoms with van der Waals surface area (Å²) in [7, 11) is 1.63. The standard InChI is InChI=1S/C35H68O7/c1-4-6-8-10-12-14-16-18-19-21-23-25-34(36)41-32-33(31-40-30-29-39-28-27-38-3)42-35(37)26-24-22-20-17-15-13-11-9-7-5-2/h33H,4-32H2,1-3H3. The van der Waals surface area contributed by atoms with Crippen molar-refractivity contribution in [2.75, 3.05) is 46.8 Å². The molecule has 0 bridgehead atoms. The molecule has 1 unspecified atom stereocenters. The fraction of sp³-hybridized carbons (Fsp3) is 0.943. The molecule has 42 heavy (non-hydrogen) atoms. The van der Waals surface area contributed by atoms with Gasteiger partial charge in [-0.1, -0.05) is 136 Å². The van der Waals surface area contributed by atoms with Gasteiger partial charge in [-0.25, -0.2) is 0 Å².